The molecule has 0 saturated heterocycles. The quantitative estimate of drug-likeness (QED) is 0.799. The Morgan fingerprint density at radius 2 is 2.10 bits per heavy atom. The lowest BCUT2D eigenvalue weighted by Gasteiger charge is -2.01. The van der Waals surface area contributed by atoms with E-state index in [0.29, 0.717) is 11.0 Å². The summed E-state index contributed by atoms with van der Waals surface area (Å²) in [5.74, 6) is 0.592. The van der Waals surface area contributed by atoms with Crippen molar-refractivity contribution in [3.05, 3.63) is 45.9 Å². The molecule has 5 heteroatoms. The number of aryl methyl sites for hydroxylation is 1. The Labute approximate surface area is 127 Å². The second-order valence-corrected chi connectivity index (χ2v) is 6.76. The van der Waals surface area contributed by atoms with E-state index in [9.17, 15) is 4.79 Å². The molecule has 110 valence electrons. The van der Waals surface area contributed by atoms with Gasteiger partial charge in [-0.05, 0) is 37.8 Å². The minimum atomic E-state index is 0.0345. The number of rotatable bonds is 4. The second kappa shape index (κ2) is 5.48. The number of aromatic amines is 1. The normalized spacial score (nSPS) is 11.6. The molecule has 2 heterocycles. The van der Waals surface area contributed by atoms with Crippen molar-refractivity contribution >= 4 is 21.6 Å². The summed E-state index contributed by atoms with van der Waals surface area (Å²) in [5, 5.41) is 3.87. The topological polar surface area (TPSA) is 50.7 Å². The van der Waals surface area contributed by atoms with E-state index in [2.05, 4.69) is 23.9 Å². The van der Waals surface area contributed by atoms with E-state index in [1.807, 2.05) is 31.2 Å². The highest BCUT2D eigenvalue weighted by atomic mass is 32.1. The molecule has 1 N–H and O–H groups in total. The van der Waals surface area contributed by atoms with Gasteiger partial charge in [0.15, 0.2) is 0 Å². The average Bonchev–Trinajstić information content (AvgIpc) is 2.98. The Morgan fingerprint density at radius 1 is 1.33 bits per heavy atom. The summed E-state index contributed by atoms with van der Waals surface area (Å²) in [6.45, 7) is 6.31. The van der Waals surface area contributed by atoms with Gasteiger partial charge >= 0.3 is 0 Å². The van der Waals surface area contributed by atoms with Crippen LogP contribution in [0.1, 0.15) is 31.5 Å². The molecule has 0 aliphatic heterocycles. The smallest absolute Gasteiger partial charge is 0.276 e. The molecular formula is C16H19N3OS. The first-order valence-corrected chi connectivity index (χ1v) is 8.04. The lowest BCUT2D eigenvalue weighted by Crippen LogP contribution is -2.17. The third-order valence-electron chi connectivity index (χ3n) is 3.64. The van der Waals surface area contributed by atoms with Crippen molar-refractivity contribution < 1.29 is 0 Å². The van der Waals surface area contributed by atoms with Crippen LogP contribution >= 0.6 is 11.3 Å². The molecule has 0 aliphatic rings. The molecule has 0 saturated carbocycles. The Kier molecular flexibility index (Phi) is 3.68. The highest BCUT2D eigenvalue weighted by molar-refractivity contribution is 7.20. The van der Waals surface area contributed by atoms with Crippen LogP contribution < -0.4 is 5.56 Å². The Balaban J connectivity index is 2.02. The SMILES string of the molecule is Cc1[nH]n(-c2nc3ccccc3s2)c(=O)c1CCC(C)C. The fourth-order valence-electron chi connectivity index (χ4n) is 2.40. The van der Waals surface area contributed by atoms with Crippen molar-refractivity contribution in [2.45, 2.75) is 33.6 Å². The largest absolute Gasteiger partial charge is 0.293 e. The van der Waals surface area contributed by atoms with E-state index in [1.54, 1.807) is 4.68 Å². The predicted octanol–water partition coefficient (Wildman–Crippen LogP) is 3.67. The third-order valence-corrected chi connectivity index (χ3v) is 4.66. The molecule has 0 fully saturated rings. The van der Waals surface area contributed by atoms with Crippen LogP contribution in [0, 0.1) is 12.8 Å². The molecule has 3 rings (SSSR count). The first kappa shape index (κ1) is 14.1. The maximum atomic E-state index is 12.6. The standard InChI is InChI=1S/C16H19N3OS/c1-10(2)8-9-12-11(3)18-19(15(12)20)16-17-13-6-4-5-7-14(13)21-16/h4-7,10,18H,8-9H2,1-3H3. The van der Waals surface area contributed by atoms with Gasteiger partial charge in [-0.25, -0.2) is 4.98 Å². The summed E-state index contributed by atoms with van der Waals surface area (Å²) in [6, 6.07) is 7.94. The number of nitrogens with one attached hydrogen (secondary N) is 1. The Hall–Kier alpha value is -1.88. The first-order chi connectivity index (χ1) is 10.1. The van der Waals surface area contributed by atoms with Gasteiger partial charge in [-0.15, -0.1) is 0 Å². The summed E-state index contributed by atoms with van der Waals surface area (Å²) < 4.78 is 2.67. The van der Waals surface area contributed by atoms with Gasteiger partial charge in [0.25, 0.3) is 5.56 Å². The van der Waals surface area contributed by atoms with Gasteiger partial charge in [-0.1, -0.05) is 37.3 Å². The summed E-state index contributed by atoms with van der Waals surface area (Å²) in [4.78, 5) is 17.1. The van der Waals surface area contributed by atoms with Gasteiger partial charge in [-0.3, -0.25) is 9.89 Å². The van der Waals surface area contributed by atoms with Gasteiger partial charge in [0, 0.05) is 11.3 Å². The number of para-hydroxylation sites is 1. The molecule has 0 spiro atoms. The van der Waals surface area contributed by atoms with Crippen LogP contribution in [0.3, 0.4) is 0 Å². The highest BCUT2D eigenvalue weighted by Crippen LogP contribution is 2.23. The van der Waals surface area contributed by atoms with E-state index in [4.69, 9.17) is 0 Å². The number of benzene rings is 1. The van der Waals surface area contributed by atoms with E-state index in [1.165, 1.54) is 11.3 Å². The van der Waals surface area contributed by atoms with Crippen molar-refractivity contribution in [2.75, 3.05) is 0 Å². The summed E-state index contributed by atoms with van der Waals surface area (Å²) in [5.41, 5.74) is 2.79. The number of H-pyrrole nitrogens is 1. The van der Waals surface area contributed by atoms with E-state index in [0.717, 1.165) is 34.3 Å². The molecule has 0 bridgehead atoms. The number of aromatic nitrogens is 3. The molecule has 1 aromatic carbocycles. The van der Waals surface area contributed by atoms with Crippen LogP contribution in [0.15, 0.2) is 29.1 Å². The first-order valence-electron chi connectivity index (χ1n) is 7.22. The summed E-state index contributed by atoms with van der Waals surface area (Å²) in [7, 11) is 0. The lowest BCUT2D eigenvalue weighted by atomic mass is 10.0. The van der Waals surface area contributed by atoms with Crippen LogP contribution in [-0.4, -0.2) is 14.8 Å². The van der Waals surface area contributed by atoms with Crippen molar-refractivity contribution in [1.82, 2.24) is 14.8 Å². The van der Waals surface area contributed by atoms with Crippen LogP contribution in [0.5, 0.6) is 0 Å². The zero-order chi connectivity index (χ0) is 15.0. The van der Waals surface area contributed by atoms with E-state index < -0.39 is 0 Å². The zero-order valence-electron chi connectivity index (χ0n) is 12.5. The van der Waals surface area contributed by atoms with Crippen LogP contribution in [0.25, 0.3) is 15.3 Å². The second-order valence-electron chi connectivity index (χ2n) is 5.75. The molecule has 0 aliphatic carbocycles. The van der Waals surface area contributed by atoms with Crippen molar-refractivity contribution in [3.8, 4) is 5.13 Å². The van der Waals surface area contributed by atoms with Gasteiger partial charge in [0.05, 0.1) is 10.2 Å². The molecule has 0 atom stereocenters. The van der Waals surface area contributed by atoms with Crippen molar-refractivity contribution in [3.63, 3.8) is 0 Å². The number of thiazole rings is 1. The minimum absolute atomic E-state index is 0.0345. The molecule has 0 amide bonds. The Bertz CT molecular complexity index is 793. The maximum Gasteiger partial charge on any atom is 0.276 e. The van der Waals surface area contributed by atoms with Crippen LogP contribution in [-0.2, 0) is 6.42 Å². The van der Waals surface area contributed by atoms with Gasteiger partial charge < -0.3 is 0 Å². The van der Waals surface area contributed by atoms with Gasteiger partial charge in [0.1, 0.15) is 0 Å². The number of fused-ring (bicyclic) bond motifs is 1. The number of hydrogen-bond donors (Lipinski definition) is 1. The summed E-state index contributed by atoms with van der Waals surface area (Å²) >= 11 is 1.53. The average molecular weight is 301 g/mol. The summed E-state index contributed by atoms with van der Waals surface area (Å²) in [6.07, 6.45) is 1.84. The minimum Gasteiger partial charge on any atom is -0.293 e. The predicted molar refractivity (Wildman–Crippen MR) is 87.5 cm³/mol. The molecule has 21 heavy (non-hydrogen) atoms. The van der Waals surface area contributed by atoms with Crippen LogP contribution in [0.4, 0.5) is 0 Å². The van der Waals surface area contributed by atoms with Crippen molar-refractivity contribution in [2.24, 2.45) is 5.92 Å². The molecule has 2 aromatic heterocycles. The highest BCUT2D eigenvalue weighted by Gasteiger charge is 2.15. The number of hydrogen-bond acceptors (Lipinski definition) is 3. The third kappa shape index (κ3) is 2.65. The molecule has 3 aromatic rings. The molecule has 0 unspecified atom stereocenters. The zero-order valence-corrected chi connectivity index (χ0v) is 13.3. The number of nitrogens with zero attached hydrogens (tertiary/aromatic N) is 2. The van der Waals surface area contributed by atoms with Crippen molar-refractivity contribution in [1.29, 1.82) is 0 Å². The lowest BCUT2D eigenvalue weighted by molar-refractivity contribution is 0.584. The molecule has 4 nitrogen and oxygen atoms in total. The maximum absolute atomic E-state index is 12.6. The Morgan fingerprint density at radius 3 is 2.81 bits per heavy atom. The van der Waals surface area contributed by atoms with Crippen LogP contribution in [0.2, 0.25) is 0 Å². The monoisotopic (exact) mass is 301 g/mol. The fraction of sp³-hybridized carbons (Fsp3) is 0.375. The molecule has 0 radical (unpaired) electrons. The molecular weight excluding hydrogens is 282 g/mol. The van der Waals surface area contributed by atoms with E-state index >= 15 is 0 Å². The van der Waals surface area contributed by atoms with Gasteiger partial charge in [0.2, 0.25) is 5.13 Å². The van der Waals surface area contributed by atoms with Gasteiger partial charge in [-0.2, -0.15) is 4.68 Å². The fourth-order valence-corrected chi connectivity index (χ4v) is 3.32. The van der Waals surface area contributed by atoms with E-state index in [-0.39, 0.29) is 5.56 Å².